The summed E-state index contributed by atoms with van der Waals surface area (Å²) in [5.74, 6) is -1.28. The van der Waals surface area contributed by atoms with E-state index in [9.17, 15) is 14.4 Å². The van der Waals surface area contributed by atoms with Crippen LogP contribution in [0.4, 0.5) is 0 Å². The Morgan fingerprint density at radius 1 is 1.48 bits per heavy atom. The van der Waals surface area contributed by atoms with Crippen molar-refractivity contribution in [2.45, 2.75) is 39.2 Å². The molecule has 0 saturated carbocycles. The largest absolute Gasteiger partial charge is 0.481 e. The van der Waals surface area contributed by atoms with Crippen LogP contribution in [0.3, 0.4) is 0 Å². The van der Waals surface area contributed by atoms with Crippen molar-refractivity contribution in [1.82, 2.24) is 9.47 Å². The van der Waals surface area contributed by atoms with Crippen molar-refractivity contribution < 1.29 is 14.7 Å². The second kappa shape index (κ2) is 6.89. The SMILES string of the molecule is Cc1csc(=O)n1CCCC(=O)N1CCCC(C(=O)O)C1. The number of aryl methyl sites for hydroxylation is 1. The smallest absolute Gasteiger partial charge is 0.308 e. The molecule has 1 aliphatic heterocycles. The molecule has 1 aromatic rings. The van der Waals surface area contributed by atoms with E-state index >= 15 is 0 Å². The van der Waals surface area contributed by atoms with Gasteiger partial charge in [-0.3, -0.25) is 14.4 Å². The molecule has 2 rings (SSSR count). The summed E-state index contributed by atoms with van der Waals surface area (Å²) in [5, 5.41) is 10.8. The average molecular weight is 312 g/mol. The van der Waals surface area contributed by atoms with Gasteiger partial charge >= 0.3 is 10.8 Å². The van der Waals surface area contributed by atoms with Gasteiger partial charge < -0.3 is 14.6 Å². The summed E-state index contributed by atoms with van der Waals surface area (Å²) < 4.78 is 1.67. The molecule has 1 atom stereocenters. The molecule has 0 aliphatic carbocycles. The molecule has 1 aromatic heterocycles. The summed E-state index contributed by atoms with van der Waals surface area (Å²) in [4.78, 5) is 36.3. The normalized spacial score (nSPS) is 18.7. The maximum atomic E-state index is 12.1. The fourth-order valence-corrected chi connectivity index (χ4v) is 3.39. The van der Waals surface area contributed by atoms with Gasteiger partial charge in [0, 0.05) is 37.1 Å². The molecule has 1 aliphatic rings. The number of piperidine rings is 1. The molecule has 0 radical (unpaired) electrons. The summed E-state index contributed by atoms with van der Waals surface area (Å²) in [7, 11) is 0. The molecule has 1 N–H and O–H groups in total. The first-order chi connectivity index (χ1) is 9.99. The van der Waals surface area contributed by atoms with Crippen LogP contribution in [-0.4, -0.2) is 39.5 Å². The van der Waals surface area contributed by atoms with Crippen molar-refractivity contribution in [1.29, 1.82) is 0 Å². The second-order valence-electron chi connectivity index (χ2n) is 5.42. The quantitative estimate of drug-likeness (QED) is 0.889. The molecule has 0 bridgehead atoms. The van der Waals surface area contributed by atoms with E-state index in [-0.39, 0.29) is 10.8 Å². The zero-order chi connectivity index (χ0) is 15.4. The Balaban J connectivity index is 1.82. The maximum absolute atomic E-state index is 12.1. The van der Waals surface area contributed by atoms with Gasteiger partial charge in [-0.15, -0.1) is 0 Å². The Kier molecular flexibility index (Phi) is 5.17. The van der Waals surface area contributed by atoms with Crippen molar-refractivity contribution in [2.75, 3.05) is 13.1 Å². The lowest BCUT2D eigenvalue weighted by molar-refractivity contribution is -0.145. The number of amides is 1. The zero-order valence-electron chi connectivity index (χ0n) is 12.1. The van der Waals surface area contributed by atoms with Gasteiger partial charge in [-0.05, 0) is 26.2 Å². The number of likely N-dealkylation sites (tertiary alicyclic amines) is 1. The molecule has 7 heteroatoms. The first-order valence-corrected chi connectivity index (χ1v) is 8.02. The molecule has 0 aromatic carbocycles. The second-order valence-corrected chi connectivity index (χ2v) is 6.24. The molecule has 1 saturated heterocycles. The average Bonchev–Trinajstić information content (AvgIpc) is 2.79. The summed E-state index contributed by atoms with van der Waals surface area (Å²) in [6.45, 7) is 3.36. The fourth-order valence-electron chi connectivity index (χ4n) is 2.63. The van der Waals surface area contributed by atoms with Crippen LogP contribution in [-0.2, 0) is 16.1 Å². The van der Waals surface area contributed by atoms with E-state index in [0.717, 1.165) is 12.1 Å². The van der Waals surface area contributed by atoms with Crippen LogP contribution in [0.25, 0.3) is 0 Å². The van der Waals surface area contributed by atoms with Crippen LogP contribution < -0.4 is 4.87 Å². The first kappa shape index (κ1) is 15.8. The number of thiazole rings is 1. The standard InChI is InChI=1S/C14H20N2O4S/c1-10-9-21-14(20)16(10)7-3-5-12(17)15-6-2-4-11(8-15)13(18)19/h9,11H,2-8H2,1H3,(H,18,19). The minimum Gasteiger partial charge on any atom is -0.481 e. The molecule has 1 amide bonds. The third-order valence-corrected chi connectivity index (χ3v) is 4.75. The third kappa shape index (κ3) is 3.93. The zero-order valence-corrected chi connectivity index (χ0v) is 12.9. The number of carbonyl (C=O) groups is 2. The fraction of sp³-hybridized carbons (Fsp3) is 0.643. The number of carboxylic acid groups (broad SMARTS) is 1. The molecule has 1 fully saturated rings. The minimum absolute atomic E-state index is 0.00358. The Bertz CT molecular complexity index is 578. The Labute approximate surface area is 127 Å². The number of carbonyl (C=O) groups excluding carboxylic acids is 1. The number of carboxylic acids is 1. The van der Waals surface area contributed by atoms with Crippen molar-refractivity contribution in [2.24, 2.45) is 5.92 Å². The van der Waals surface area contributed by atoms with Crippen LogP contribution in [0.1, 0.15) is 31.4 Å². The van der Waals surface area contributed by atoms with E-state index in [0.29, 0.717) is 38.9 Å². The van der Waals surface area contributed by atoms with Crippen LogP contribution in [0.5, 0.6) is 0 Å². The van der Waals surface area contributed by atoms with E-state index in [4.69, 9.17) is 5.11 Å². The summed E-state index contributed by atoms with van der Waals surface area (Å²) in [6, 6.07) is 0. The van der Waals surface area contributed by atoms with Gasteiger partial charge in [0.1, 0.15) is 0 Å². The Hall–Kier alpha value is -1.63. The first-order valence-electron chi connectivity index (χ1n) is 7.14. The molecule has 21 heavy (non-hydrogen) atoms. The maximum Gasteiger partial charge on any atom is 0.308 e. The highest BCUT2D eigenvalue weighted by atomic mass is 32.1. The topological polar surface area (TPSA) is 79.6 Å². The van der Waals surface area contributed by atoms with Gasteiger partial charge in [-0.1, -0.05) is 11.3 Å². The molecular weight excluding hydrogens is 292 g/mol. The number of aliphatic carboxylic acids is 1. The Morgan fingerprint density at radius 2 is 2.24 bits per heavy atom. The van der Waals surface area contributed by atoms with Crippen LogP contribution in [0, 0.1) is 12.8 Å². The van der Waals surface area contributed by atoms with E-state index in [1.54, 1.807) is 9.47 Å². The highest BCUT2D eigenvalue weighted by Gasteiger charge is 2.27. The van der Waals surface area contributed by atoms with Gasteiger partial charge in [-0.2, -0.15) is 0 Å². The number of rotatable bonds is 5. The highest BCUT2D eigenvalue weighted by molar-refractivity contribution is 7.07. The van der Waals surface area contributed by atoms with Gasteiger partial charge in [0.15, 0.2) is 0 Å². The molecule has 1 unspecified atom stereocenters. The number of nitrogens with zero attached hydrogens (tertiary/aromatic N) is 2. The summed E-state index contributed by atoms with van der Waals surface area (Å²) in [6.07, 6.45) is 2.34. The van der Waals surface area contributed by atoms with Crippen molar-refractivity contribution >= 4 is 23.2 Å². The molecule has 116 valence electrons. The summed E-state index contributed by atoms with van der Waals surface area (Å²) in [5.41, 5.74) is 0.918. The van der Waals surface area contributed by atoms with Gasteiger partial charge in [0.2, 0.25) is 5.91 Å². The van der Waals surface area contributed by atoms with E-state index in [1.807, 2.05) is 12.3 Å². The van der Waals surface area contributed by atoms with Crippen LogP contribution in [0.2, 0.25) is 0 Å². The summed E-state index contributed by atoms with van der Waals surface area (Å²) >= 11 is 1.17. The van der Waals surface area contributed by atoms with Crippen molar-refractivity contribution in [3.63, 3.8) is 0 Å². The number of hydrogen-bond donors (Lipinski definition) is 1. The number of aromatic nitrogens is 1. The van der Waals surface area contributed by atoms with Gasteiger partial charge in [0.05, 0.1) is 5.92 Å². The van der Waals surface area contributed by atoms with E-state index in [1.165, 1.54) is 11.3 Å². The highest BCUT2D eigenvalue weighted by Crippen LogP contribution is 2.17. The van der Waals surface area contributed by atoms with Gasteiger partial charge in [-0.25, -0.2) is 0 Å². The molecular formula is C14H20N2O4S. The number of hydrogen-bond acceptors (Lipinski definition) is 4. The predicted molar refractivity (Wildman–Crippen MR) is 79.5 cm³/mol. The third-order valence-electron chi connectivity index (χ3n) is 3.87. The van der Waals surface area contributed by atoms with E-state index < -0.39 is 11.9 Å². The van der Waals surface area contributed by atoms with Crippen LogP contribution >= 0.6 is 11.3 Å². The predicted octanol–water partition coefficient (Wildman–Crippen LogP) is 1.32. The minimum atomic E-state index is -0.826. The lowest BCUT2D eigenvalue weighted by Gasteiger charge is -2.30. The van der Waals surface area contributed by atoms with Crippen molar-refractivity contribution in [3.8, 4) is 0 Å². The van der Waals surface area contributed by atoms with Crippen molar-refractivity contribution in [3.05, 3.63) is 20.7 Å². The van der Waals surface area contributed by atoms with Gasteiger partial charge in [0.25, 0.3) is 0 Å². The van der Waals surface area contributed by atoms with E-state index in [2.05, 4.69) is 0 Å². The monoisotopic (exact) mass is 312 g/mol. The lowest BCUT2D eigenvalue weighted by atomic mass is 9.98. The Morgan fingerprint density at radius 3 is 2.86 bits per heavy atom. The molecule has 2 heterocycles. The lowest BCUT2D eigenvalue weighted by Crippen LogP contribution is -2.42. The molecule has 0 spiro atoms. The molecule has 6 nitrogen and oxygen atoms in total. The van der Waals surface area contributed by atoms with Crippen LogP contribution in [0.15, 0.2) is 10.2 Å².